The molecule has 0 amide bonds. The number of rotatable bonds is 4. The van der Waals surface area contributed by atoms with E-state index in [-0.39, 0.29) is 5.97 Å². The smallest absolute Gasteiger partial charge is 0.332 e. The molecule has 5 heteroatoms. The maximum Gasteiger partial charge on any atom is 0.332 e. The van der Waals surface area contributed by atoms with E-state index in [1.165, 1.54) is 0 Å². The average molecular weight is 300 g/mol. The zero-order valence-electron chi connectivity index (χ0n) is 11.1. The molecule has 0 aromatic heterocycles. The van der Waals surface area contributed by atoms with Crippen LogP contribution in [0.2, 0.25) is 5.02 Å². The Bertz CT molecular complexity index is 451. The number of esters is 1. The quantitative estimate of drug-likeness (QED) is 0.863. The van der Waals surface area contributed by atoms with Crippen molar-refractivity contribution in [2.75, 3.05) is 17.7 Å². The summed E-state index contributed by atoms with van der Waals surface area (Å²) in [6, 6.07) is 7.40. The Balaban J connectivity index is 2.19. The summed E-state index contributed by atoms with van der Waals surface area (Å²) in [5, 5.41) is 4.48. The van der Waals surface area contributed by atoms with Crippen molar-refractivity contribution in [2.45, 2.75) is 31.1 Å². The van der Waals surface area contributed by atoms with Gasteiger partial charge in [-0.05, 0) is 37.6 Å². The second-order valence-corrected chi connectivity index (χ2v) is 6.62. The highest BCUT2D eigenvalue weighted by atomic mass is 35.5. The summed E-state index contributed by atoms with van der Waals surface area (Å²) in [5.74, 6) is 0.567. The van der Waals surface area contributed by atoms with Crippen molar-refractivity contribution in [3.8, 4) is 0 Å². The number of carbonyl (C=O) groups excluding carboxylic acids is 1. The molecule has 1 fully saturated rings. The SMILES string of the molecule is CCOC(=O)C1(Nc2ccc(Cl)cc2)CSC(C)C1. The lowest BCUT2D eigenvalue weighted by Gasteiger charge is -2.28. The van der Waals surface area contributed by atoms with Gasteiger partial charge in [-0.25, -0.2) is 4.79 Å². The van der Waals surface area contributed by atoms with E-state index in [0.717, 1.165) is 17.9 Å². The Morgan fingerprint density at radius 3 is 2.74 bits per heavy atom. The van der Waals surface area contributed by atoms with Gasteiger partial charge in [0.15, 0.2) is 0 Å². The zero-order valence-corrected chi connectivity index (χ0v) is 12.7. The minimum Gasteiger partial charge on any atom is -0.464 e. The summed E-state index contributed by atoms with van der Waals surface area (Å²) in [4.78, 5) is 12.3. The molecule has 0 saturated carbocycles. The number of nitrogens with one attached hydrogen (secondary N) is 1. The molecule has 2 unspecified atom stereocenters. The summed E-state index contributed by atoms with van der Waals surface area (Å²) < 4.78 is 5.23. The number of thioether (sulfide) groups is 1. The zero-order chi connectivity index (χ0) is 13.9. The topological polar surface area (TPSA) is 38.3 Å². The summed E-state index contributed by atoms with van der Waals surface area (Å²) in [5.41, 5.74) is 0.278. The third-order valence-corrected chi connectivity index (χ3v) is 4.79. The van der Waals surface area contributed by atoms with Gasteiger partial charge < -0.3 is 10.1 Å². The third-order valence-electron chi connectivity index (χ3n) is 3.14. The molecule has 0 aliphatic carbocycles. The Morgan fingerprint density at radius 1 is 1.53 bits per heavy atom. The van der Waals surface area contributed by atoms with E-state index < -0.39 is 5.54 Å². The highest BCUT2D eigenvalue weighted by Gasteiger charge is 2.46. The van der Waals surface area contributed by atoms with Crippen molar-refractivity contribution >= 4 is 35.0 Å². The molecule has 2 atom stereocenters. The molecule has 1 N–H and O–H groups in total. The van der Waals surface area contributed by atoms with Crippen LogP contribution in [-0.2, 0) is 9.53 Å². The molecular weight excluding hydrogens is 282 g/mol. The van der Waals surface area contributed by atoms with Crippen LogP contribution in [0.25, 0.3) is 0 Å². The van der Waals surface area contributed by atoms with Crippen molar-refractivity contribution in [3.63, 3.8) is 0 Å². The summed E-state index contributed by atoms with van der Waals surface area (Å²) in [6.07, 6.45) is 0.777. The van der Waals surface area contributed by atoms with Gasteiger partial charge in [0.25, 0.3) is 0 Å². The van der Waals surface area contributed by atoms with Gasteiger partial charge in [0, 0.05) is 21.7 Å². The second-order valence-electron chi connectivity index (χ2n) is 4.76. The van der Waals surface area contributed by atoms with Crippen LogP contribution < -0.4 is 5.32 Å². The standard InChI is InChI=1S/C14H18ClNO2S/c1-3-18-13(17)14(8-10(2)19-9-14)16-12-6-4-11(15)5-7-12/h4-7,10,16H,3,8-9H2,1-2H3. The van der Waals surface area contributed by atoms with E-state index in [4.69, 9.17) is 16.3 Å². The molecule has 1 aliphatic rings. The van der Waals surface area contributed by atoms with Crippen LogP contribution >= 0.6 is 23.4 Å². The third kappa shape index (κ3) is 3.37. The average Bonchev–Trinajstić information content (AvgIpc) is 2.75. The van der Waals surface area contributed by atoms with Crippen molar-refractivity contribution in [3.05, 3.63) is 29.3 Å². The minimum absolute atomic E-state index is 0.165. The van der Waals surface area contributed by atoms with E-state index in [0.29, 0.717) is 16.9 Å². The Labute approximate surface area is 123 Å². The molecule has 1 aliphatic heterocycles. The van der Waals surface area contributed by atoms with Crippen molar-refractivity contribution in [1.29, 1.82) is 0 Å². The second kappa shape index (κ2) is 6.06. The fraction of sp³-hybridized carbons (Fsp3) is 0.500. The van der Waals surface area contributed by atoms with Crippen LogP contribution in [0.5, 0.6) is 0 Å². The summed E-state index contributed by atoms with van der Waals surface area (Å²) in [7, 11) is 0. The van der Waals surface area contributed by atoms with E-state index in [1.54, 1.807) is 11.8 Å². The molecule has 104 valence electrons. The van der Waals surface area contributed by atoms with Gasteiger partial charge in [-0.1, -0.05) is 18.5 Å². The molecule has 3 nitrogen and oxygen atoms in total. The monoisotopic (exact) mass is 299 g/mol. The lowest BCUT2D eigenvalue weighted by Crippen LogP contribution is -2.48. The Hall–Kier alpha value is -0.870. The van der Waals surface area contributed by atoms with Gasteiger partial charge in [-0.3, -0.25) is 0 Å². The largest absolute Gasteiger partial charge is 0.464 e. The van der Waals surface area contributed by atoms with Crippen LogP contribution in [-0.4, -0.2) is 29.1 Å². The first-order valence-corrected chi connectivity index (χ1v) is 7.81. The van der Waals surface area contributed by atoms with Gasteiger partial charge in [0.2, 0.25) is 0 Å². The first-order chi connectivity index (χ1) is 9.05. The van der Waals surface area contributed by atoms with E-state index >= 15 is 0 Å². The fourth-order valence-corrected chi connectivity index (χ4v) is 3.66. The number of halogens is 1. The number of ether oxygens (including phenoxy) is 1. The van der Waals surface area contributed by atoms with E-state index in [2.05, 4.69) is 12.2 Å². The van der Waals surface area contributed by atoms with Crippen molar-refractivity contribution in [1.82, 2.24) is 0 Å². The van der Waals surface area contributed by atoms with E-state index in [9.17, 15) is 4.79 Å². The van der Waals surface area contributed by atoms with Gasteiger partial charge in [0.1, 0.15) is 5.54 Å². The Morgan fingerprint density at radius 2 is 2.21 bits per heavy atom. The summed E-state index contributed by atoms with van der Waals surface area (Å²) in [6.45, 7) is 4.37. The normalized spacial score (nSPS) is 26.2. The highest BCUT2D eigenvalue weighted by Crippen LogP contribution is 2.38. The van der Waals surface area contributed by atoms with Crippen LogP contribution in [0.1, 0.15) is 20.3 Å². The lowest BCUT2D eigenvalue weighted by molar-refractivity contribution is -0.147. The predicted octanol–water partition coefficient (Wildman–Crippen LogP) is 3.58. The molecule has 0 radical (unpaired) electrons. The number of hydrogen-bond donors (Lipinski definition) is 1. The number of benzene rings is 1. The Kier molecular flexibility index (Phi) is 4.63. The van der Waals surface area contributed by atoms with Crippen molar-refractivity contribution in [2.24, 2.45) is 0 Å². The first-order valence-electron chi connectivity index (χ1n) is 6.38. The van der Waals surface area contributed by atoms with Crippen LogP contribution in [0, 0.1) is 0 Å². The summed E-state index contributed by atoms with van der Waals surface area (Å²) >= 11 is 7.67. The highest BCUT2D eigenvalue weighted by molar-refractivity contribution is 8.00. The molecule has 1 saturated heterocycles. The van der Waals surface area contributed by atoms with Gasteiger partial charge in [-0.15, -0.1) is 0 Å². The molecule has 0 bridgehead atoms. The lowest BCUT2D eigenvalue weighted by atomic mass is 9.95. The maximum atomic E-state index is 12.3. The molecule has 19 heavy (non-hydrogen) atoms. The number of anilines is 1. The molecule has 1 heterocycles. The molecule has 1 aromatic carbocycles. The van der Waals surface area contributed by atoms with Gasteiger partial charge in [0.05, 0.1) is 6.61 Å². The molecule has 0 spiro atoms. The maximum absolute atomic E-state index is 12.3. The number of hydrogen-bond acceptors (Lipinski definition) is 4. The predicted molar refractivity (Wildman–Crippen MR) is 81.0 cm³/mol. The first kappa shape index (κ1) is 14.5. The molecule has 2 rings (SSSR count). The van der Waals surface area contributed by atoms with Crippen molar-refractivity contribution < 1.29 is 9.53 Å². The van der Waals surface area contributed by atoms with E-state index in [1.807, 2.05) is 31.2 Å². The minimum atomic E-state index is -0.617. The number of carbonyl (C=O) groups is 1. The van der Waals surface area contributed by atoms with Gasteiger partial charge in [-0.2, -0.15) is 11.8 Å². The van der Waals surface area contributed by atoms with Crippen LogP contribution in [0.3, 0.4) is 0 Å². The fourth-order valence-electron chi connectivity index (χ4n) is 2.25. The molecule has 1 aromatic rings. The molecular formula is C14H18ClNO2S. The van der Waals surface area contributed by atoms with Gasteiger partial charge >= 0.3 is 5.97 Å². The van der Waals surface area contributed by atoms with Crippen LogP contribution in [0.4, 0.5) is 5.69 Å². The van der Waals surface area contributed by atoms with Crippen LogP contribution in [0.15, 0.2) is 24.3 Å².